The molecule has 1 aliphatic rings. The summed E-state index contributed by atoms with van der Waals surface area (Å²) >= 11 is 4.96. The molecule has 0 amide bonds. The Kier molecular flexibility index (Phi) is 3.65. The minimum absolute atomic E-state index is 0.450. The van der Waals surface area contributed by atoms with E-state index >= 15 is 0 Å². The van der Waals surface area contributed by atoms with Crippen LogP contribution < -0.4 is 5.32 Å². The van der Waals surface area contributed by atoms with Crippen molar-refractivity contribution in [3.63, 3.8) is 0 Å². The molecule has 0 bridgehead atoms. The Balaban J connectivity index is 1.86. The third-order valence-corrected chi connectivity index (χ3v) is 4.61. The van der Waals surface area contributed by atoms with Crippen molar-refractivity contribution in [3.8, 4) is 0 Å². The standard InChI is InChI=1S/C10H12BrN7S/c1-2-12-8-7(11)9(14-5-13-8)19-10-15-16-17-18(10)6-3-4-6/h5-6H,2-4H2,1H3,(H,12,13,14). The predicted octanol–water partition coefficient (Wildman–Crippen LogP) is 2.14. The van der Waals surface area contributed by atoms with Gasteiger partial charge in [0.25, 0.3) is 0 Å². The Hall–Kier alpha value is -1.22. The van der Waals surface area contributed by atoms with Gasteiger partial charge in [0.15, 0.2) is 0 Å². The van der Waals surface area contributed by atoms with E-state index in [-0.39, 0.29) is 0 Å². The van der Waals surface area contributed by atoms with Crippen LogP contribution in [0.15, 0.2) is 21.0 Å². The third kappa shape index (κ3) is 2.71. The third-order valence-electron chi connectivity index (χ3n) is 2.65. The second-order valence-corrected chi connectivity index (χ2v) is 5.86. The monoisotopic (exact) mass is 341 g/mol. The molecule has 2 aromatic heterocycles. The minimum atomic E-state index is 0.450. The van der Waals surface area contributed by atoms with Crippen molar-refractivity contribution in [3.05, 3.63) is 10.8 Å². The van der Waals surface area contributed by atoms with Crippen molar-refractivity contribution in [1.29, 1.82) is 0 Å². The number of rotatable bonds is 5. The average Bonchev–Trinajstić information content (AvgIpc) is 3.15. The van der Waals surface area contributed by atoms with E-state index in [1.165, 1.54) is 18.1 Å². The van der Waals surface area contributed by atoms with Crippen molar-refractivity contribution >= 4 is 33.5 Å². The maximum Gasteiger partial charge on any atom is 0.215 e. The predicted molar refractivity (Wildman–Crippen MR) is 74.1 cm³/mol. The van der Waals surface area contributed by atoms with Crippen molar-refractivity contribution in [2.45, 2.75) is 36.0 Å². The van der Waals surface area contributed by atoms with Gasteiger partial charge in [-0.2, -0.15) is 0 Å². The molecular formula is C10H12BrN7S. The van der Waals surface area contributed by atoms with Crippen LogP contribution in [0.3, 0.4) is 0 Å². The number of nitrogens with one attached hydrogen (secondary N) is 1. The molecule has 1 N–H and O–H groups in total. The van der Waals surface area contributed by atoms with Gasteiger partial charge in [0.1, 0.15) is 17.2 Å². The topological polar surface area (TPSA) is 81.4 Å². The van der Waals surface area contributed by atoms with Gasteiger partial charge in [-0.15, -0.1) is 5.10 Å². The van der Waals surface area contributed by atoms with E-state index in [1.54, 1.807) is 0 Å². The van der Waals surface area contributed by atoms with Crippen LogP contribution >= 0.6 is 27.7 Å². The molecule has 0 unspecified atom stereocenters. The zero-order valence-electron chi connectivity index (χ0n) is 10.2. The lowest BCUT2D eigenvalue weighted by molar-refractivity contribution is 0.565. The first-order valence-electron chi connectivity index (χ1n) is 5.99. The Bertz CT molecular complexity index is 583. The molecule has 9 heteroatoms. The second-order valence-electron chi connectivity index (χ2n) is 4.11. The van der Waals surface area contributed by atoms with Crippen LogP contribution in [-0.2, 0) is 0 Å². The van der Waals surface area contributed by atoms with Gasteiger partial charge in [-0.1, -0.05) is 0 Å². The summed E-state index contributed by atoms with van der Waals surface area (Å²) in [5, 5.41) is 16.6. The van der Waals surface area contributed by atoms with Crippen LogP contribution in [-0.4, -0.2) is 36.7 Å². The number of halogens is 1. The summed E-state index contributed by atoms with van der Waals surface area (Å²) in [7, 11) is 0. The molecular weight excluding hydrogens is 330 g/mol. The average molecular weight is 342 g/mol. The zero-order chi connectivity index (χ0) is 13.2. The largest absolute Gasteiger partial charge is 0.369 e. The Morgan fingerprint density at radius 2 is 2.32 bits per heavy atom. The van der Waals surface area contributed by atoms with Gasteiger partial charge >= 0.3 is 0 Å². The highest BCUT2D eigenvalue weighted by Gasteiger charge is 2.28. The normalized spacial score (nSPS) is 14.6. The Morgan fingerprint density at radius 1 is 1.47 bits per heavy atom. The molecule has 1 saturated carbocycles. The van der Waals surface area contributed by atoms with E-state index in [9.17, 15) is 0 Å². The van der Waals surface area contributed by atoms with Crippen molar-refractivity contribution in [2.24, 2.45) is 0 Å². The van der Waals surface area contributed by atoms with Gasteiger partial charge in [-0.3, -0.25) is 0 Å². The highest BCUT2D eigenvalue weighted by atomic mass is 79.9. The molecule has 7 nitrogen and oxygen atoms in total. The van der Waals surface area contributed by atoms with Crippen LogP contribution in [0.25, 0.3) is 0 Å². The molecule has 3 rings (SSSR count). The highest BCUT2D eigenvalue weighted by molar-refractivity contribution is 9.10. The van der Waals surface area contributed by atoms with Crippen molar-refractivity contribution in [2.75, 3.05) is 11.9 Å². The van der Waals surface area contributed by atoms with Crippen LogP contribution in [0.4, 0.5) is 5.82 Å². The first-order chi connectivity index (χ1) is 9.29. The molecule has 0 aliphatic heterocycles. The lowest BCUT2D eigenvalue weighted by atomic mass is 10.5. The van der Waals surface area contributed by atoms with Gasteiger partial charge in [0, 0.05) is 6.54 Å². The second kappa shape index (κ2) is 5.41. The molecule has 1 aliphatic carbocycles. The molecule has 0 radical (unpaired) electrons. The molecule has 2 aromatic rings. The summed E-state index contributed by atoms with van der Waals surface area (Å²) in [5.41, 5.74) is 0. The van der Waals surface area contributed by atoms with E-state index in [0.29, 0.717) is 6.04 Å². The van der Waals surface area contributed by atoms with Gasteiger partial charge in [0.2, 0.25) is 5.16 Å². The Morgan fingerprint density at radius 3 is 3.05 bits per heavy atom. The fourth-order valence-electron chi connectivity index (χ4n) is 1.60. The lowest BCUT2D eigenvalue weighted by Crippen LogP contribution is -2.02. The SMILES string of the molecule is CCNc1ncnc(Sc2nnnn2C2CC2)c1Br. The van der Waals surface area contributed by atoms with E-state index in [4.69, 9.17) is 0 Å². The van der Waals surface area contributed by atoms with E-state index in [1.807, 2.05) is 11.6 Å². The number of nitrogens with zero attached hydrogens (tertiary/aromatic N) is 6. The highest BCUT2D eigenvalue weighted by Crippen LogP contribution is 2.39. The minimum Gasteiger partial charge on any atom is -0.369 e. The fourth-order valence-corrected chi connectivity index (χ4v) is 3.01. The van der Waals surface area contributed by atoms with Gasteiger partial charge in [0.05, 0.1) is 10.5 Å². The summed E-state index contributed by atoms with van der Waals surface area (Å²) in [5.74, 6) is 0.783. The molecule has 1 fully saturated rings. The molecule has 19 heavy (non-hydrogen) atoms. The summed E-state index contributed by atoms with van der Waals surface area (Å²) < 4.78 is 2.71. The molecule has 0 spiro atoms. The van der Waals surface area contributed by atoms with E-state index in [2.05, 4.69) is 46.7 Å². The molecule has 2 heterocycles. The van der Waals surface area contributed by atoms with Crippen LogP contribution in [0.2, 0.25) is 0 Å². The van der Waals surface area contributed by atoms with Gasteiger partial charge in [-0.25, -0.2) is 14.6 Å². The van der Waals surface area contributed by atoms with E-state index < -0.39 is 0 Å². The Labute approximate surface area is 122 Å². The van der Waals surface area contributed by atoms with E-state index in [0.717, 1.165) is 39.9 Å². The van der Waals surface area contributed by atoms with Crippen LogP contribution in [0.5, 0.6) is 0 Å². The quantitative estimate of drug-likeness (QED) is 0.834. The summed E-state index contributed by atoms with van der Waals surface area (Å²) in [6.45, 7) is 2.83. The molecule has 0 atom stereocenters. The van der Waals surface area contributed by atoms with Gasteiger partial charge < -0.3 is 5.32 Å². The number of tetrazole rings is 1. The van der Waals surface area contributed by atoms with Crippen molar-refractivity contribution < 1.29 is 0 Å². The van der Waals surface area contributed by atoms with Crippen LogP contribution in [0.1, 0.15) is 25.8 Å². The molecule has 0 aromatic carbocycles. The molecule has 100 valence electrons. The van der Waals surface area contributed by atoms with Crippen molar-refractivity contribution in [1.82, 2.24) is 30.2 Å². The summed E-state index contributed by atoms with van der Waals surface area (Å²) in [6.07, 6.45) is 3.83. The first kappa shape index (κ1) is 12.8. The number of hydrogen-bond donors (Lipinski definition) is 1. The number of hydrogen-bond acceptors (Lipinski definition) is 7. The smallest absolute Gasteiger partial charge is 0.215 e. The fraction of sp³-hybridized carbons (Fsp3) is 0.500. The summed E-state index contributed by atoms with van der Waals surface area (Å²) in [6, 6.07) is 0.450. The number of anilines is 1. The van der Waals surface area contributed by atoms with Gasteiger partial charge in [-0.05, 0) is 57.9 Å². The lowest BCUT2D eigenvalue weighted by Gasteiger charge is -2.08. The van der Waals surface area contributed by atoms with Crippen LogP contribution in [0, 0.1) is 0 Å². The molecule has 0 saturated heterocycles. The first-order valence-corrected chi connectivity index (χ1v) is 7.60. The zero-order valence-corrected chi connectivity index (χ0v) is 12.6. The maximum absolute atomic E-state index is 4.27. The maximum atomic E-state index is 4.27. The number of aromatic nitrogens is 6. The summed E-state index contributed by atoms with van der Waals surface area (Å²) in [4.78, 5) is 8.46.